The molecule has 0 radical (unpaired) electrons. The Hall–Kier alpha value is -1.62. The van der Waals surface area contributed by atoms with Crippen LogP contribution in [0.3, 0.4) is 0 Å². The predicted molar refractivity (Wildman–Crippen MR) is 66.8 cm³/mol. The van der Waals surface area contributed by atoms with E-state index in [2.05, 4.69) is 0 Å². The van der Waals surface area contributed by atoms with Gasteiger partial charge in [-0.25, -0.2) is 8.78 Å². The molecule has 2 aromatic rings. The normalized spacial score (nSPS) is 11.9. The lowest BCUT2D eigenvalue weighted by molar-refractivity contribution is -0.137. The maximum absolute atomic E-state index is 12.9. The van der Waals surface area contributed by atoms with Gasteiger partial charge in [-0.3, -0.25) is 0 Å². The molecule has 0 nitrogen and oxygen atoms in total. The molecule has 0 heterocycles. The lowest BCUT2D eigenvalue weighted by Crippen LogP contribution is -2.04. The summed E-state index contributed by atoms with van der Waals surface area (Å²) < 4.78 is 63.1. The quantitative estimate of drug-likeness (QED) is 0.600. The van der Waals surface area contributed by atoms with Crippen LogP contribution in [0.5, 0.6) is 0 Å². The van der Waals surface area contributed by atoms with Gasteiger partial charge in [0.1, 0.15) is 0 Å². The van der Waals surface area contributed by atoms with E-state index in [0.29, 0.717) is 0 Å². The molecule has 2 aromatic carbocycles. The second kappa shape index (κ2) is 5.40. The van der Waals surface area contributed by atoms with E-state index in [1.165, 1.54) is 18.2 Å². The second-order valence-electron chi connectivity index (χ2n) is 4.11. The van der Waals surface area contributed by atoms with Gasteiger partial charge in [0, 0.05) is 10.6 Å². The molecular weight excluding hydrogens is 299 g/mol. The molecular formula is C14H8ClF5. The van der Waals surface area contributed by atoms with Gasteiger partial charge in [-0.15, -0.1) is 0 Å². The molecule has 0 amide bonds. The van der Waals surface area contributed by atoms with E-state index in [1.54, 1.807) is 0 Å². The first-order chi connectivity index (χ1) is 9.29. The Bertz CT molecular complexity index is 602. The fraction of sp³-hybridized carbons (Fsp3) is 0.143. The Kier molecular flexibility index (Phi) is 3.99. The van der Waals surface area contributed by atoms with Crippen LogP contribution >= 0.6 is 11.6 Å². The summed E-state index contributed by atoms with van der Waals surface area (Å²) in [5.74, 6) is 0. The Morgan fingerprint density at radius 1 is 0.900 bits per heavy atom. The molecule has 0 fully saturated rings. The first kappa shape index (κ1) is 14.8. The van der Waals surface area contributed by atoms with Crippen molar-refractivity contribution >= 4 is 11.6 Å². The third-order valence-corrected chi connectivity index (χ3v) is 3.01. The summed E-state index contributed by atoms with van der Waals surface area (Å²) in [6.07, 6.45) is -7.19. The smallest absolute Gasteiger partial charge is 0.205 e. The van der Waals surface area contributed by atoms with Crippen molar-refractivity contribution < 1.29 is 22.0 Å². The largest absolute Gasteiger partial charge is 0.416 e. The average Bonchev–Trinajstić information content (AvgIpc) is 2.37. The zero-order chi connectivity index (χ0) is 14.9. The molecule has 0 N–H and O–H groups in total. The highest BCUT2D eigenvalue weighted by molar-refractivity contribution is 6.30. The first-order valence-electron chi connectivity index (χ1n) is 5.54. The average molecular weight is 307 g/mol. The van der Waals surface area contributed by atoms with Gasteiger partial charge in [-0.1, -0.05) is 29.8 Å². The molecule has 0 spiro atoms. The molecule has 0 bridgehead atoms. The van der Waals surface area contributed by atoms with Gasteiger partial charge in [0.05, 0.1) is 5.56 Å². The molecule has 2 rings (SSSR count). The lowest BCUT2D eigenvalue weighted by Gasteiger charge is -2.11. The van der Waals surface area contributed by atoms with Gasteiger partial charge in [0.25, 0.3) is 6.43 Å². The van der Waals surface area contributed by atoms with Crippen LogP contribution in [0.2, 0.25) is 5.02 Å². The molecule has 0 atom stereocenters. The molecule has 0 unspecified atom stereocenters. The fourth-order valence-corrected chi connectivity index (χ4v) is 1.98. The second-order valence-corrected chi connectivity index (χ2v) is 4.54. The Morgan fingerprint density at radius 2 is 1.50 bits per heavy atom. The monoisotopic (exact) mass is 306 g/mol. The first-order valence-corrected chi connectivity index (χ1v) is 5.92. The molecule has 20 heavy (non-hydrogen) atoms. The fourth-order valence-electron chi connectivity index (χ4n) is 1.81. The summed E-state index contributed by atoms with van der Waals surface area (Å²) in [6.45, 7) is 0. The maximum atomic E-state index is 12.9. The summed E-state index contributed by atoms with van der Waals surface area (Å²) >= 11 is 5.75. The molecule has 6 heteroatoms. The molecule has 0 saturated heterocycles. The molecule has 0 aliphatic rings. The van der Waals surface area contributed by atoms with Crippen LogP contribution < -0.4 is 0 Å². The van der Waals surface area contributed by atoms with Crippen molar-refractivity contribution in [2.24, 2.45) is 0 Å². The van der Waals surface area contributed by atoms with Crippen molar-refractivity contribution in [3.8, 4) is 11.1 Å². The van der Waals surface area contributed by atoms with Crippen LogP contribution in [0.15, 0.2) is 42.5 Å². The van der Waals surface area contributed by atoms with Gasteiger partial charge in [-0.05, 0) is 35.4 Å². The van der Waals surface area contributed by atoms with Crippen molar-refractivity contribution in [3.63, 3.8) is 0 Å². The number of halogens is 6. The van der Waals surface area contributed by atoms with Gasteiger partial charge in [-0.2, -0.15) is 13.2 Å². The number of benzene rings is 2. The van der Waals surface area contributed by atoms with E-state index in [4.69, 9.17) is 11.6 Å². The summed E-state index contributed by atoms with van der Waals surface area (Å²) in [4.78, 5) is 0. The zero-order valence-corrected chi connectivity index (χ0v) is 10.6. The van der Waals surface area contributed by atoms with Crippen molar-refractivity contribution in [1.29, 1.82) is 0 Å². The van der Waals surface area contributed by atoms with Crippen LogP contribution in [0, 0.1) is 0 Å². The van der Waals surface area contributed by atoms with E-state index < -0.39 is 18.2 Å². The van der Waals surface area contributed by atoms with E-state index >= 15 is 0 Å². The summed E-state index contributed by atoms with van der Waals surface area (Å²) in [6, 6.07) is 7.81. The van der Waals surface area contributed by atoms with Crippen LogP contribution in [-0.2, 0) is 6.18 Å². The van der Waals surface area contributed by atoms with E-state index in [9.17, 15) is 22.0 Å². The highest BCUT2D eigenvalue weighted by Gasteiger charge is 2.30. The third kappa shape index (κ3) is 3.10. The maximum Gasteiger partial charge on any atom is 0.416 e. The van der Waals surface area contributed by atoms with Crippen LogP contribution in [-0.4, -0.2) is 0 Å². The lowest BCUT2D eigenvalue weighted by atomic mass is 9.99. The highest BCUT2D eigenvalue weighted by Crippen LogP contribution is 2.35. The van der Waals surface area contributed by atoms with Crippen molar-refractivity contribution in [2.75, 3.05) is 0 Å². The molecule has 0 aliphatic heterocycles. The highest BCUT2D eigenvalue weighted by atomic mass is 35.5. The topological polar surface area (TPSA) is 0 Å². The van der Waals surface area contributed by atoms with Crippen molar-refractivity contribution in [1.82, 2.24) is 0 Å². The van der Waals surface area contributed by atoms with Crippen LogP contribution in [0.1, 0.15) is 17.6 Å². The predicted octanol–water partition coefficient (Wildman–Crippen LogP) is 5.96. The van der Waals surface area contributed by atoms with Gasteiger partial charge < -0.3 is 0 Å². The summed E-state index contributed by atoms with van der Waals surface area (Å²) in [7, 11) is 0. The Morgan fingerprint density at radius 3 is 2.00 bits per heavy atom. The SMILES string of the molecule is FC(F)c1ccc(Cl)cc1-c1ccc(C(F)(F)F)cc1. The number of hydrogen-bond donors (Lipinski definition) is 0. The van der Waals surface area contributed by atoms with Crippen LogP contribution in [0.4, 0.5) is 22.0 Å². The van der Waals surface area contributed by atoms with E-state index in [1.807, 2.05) is 0 Å². The van der Waals surface area contributed by atoms with E-state index in [-0.39, 0.29) is 21.7 Å². The minimum atomic E-state index is -4.46. The third-order valence-electron chi connectivity index (χ3n) is 2.77. The molecule has 106 valence electrons. The van der Waals surface area contributed by atoms with Gasteiger partial charge in [0.15, 0.2) is 0 Å². The Balaban J connectivity index is 2.49. The van der Waals surface area contributed by atoms with Gasteiger partial charge in [0.2, 0.25) is 0 Å². The number of alkyl halides is 5. The number of hydrogen-bond acceptors (Lipinski definition) is 0. The standard InChI is InChI=1S/C14H8ClF5/c15-10-5-6-11(13(16)17)12(7-10)8-1-3-9(4-2-8)14(18,19)20/h1-7,13H. The summed E-state index contributed by atoms with van der Waals surface area (Å²) in [5.41, 5.74) is -0.715. The number of rotatable bonds is 2. The minimum absolute atomic E-state index is 0.126. The van der Waals surface area contributed by atoms with Crippen LogP contribution in [0.25, 0.3) is 11.1 Å². The molecule has 0 aliphatic carbocycles. The zero-order valence-electron chi connectivity index (χ0n) is 9.89. The summed E-state index contributed by atoms with van der Waals surface area (Å²) in [5, 5.41) is 0.240. The van der Waals surface area contributed by atoms with Gasteiger partial charge >= 0.3 is 6.18 Å². The Labute approximate surface area is 116 Å². The van der Waals surface area contributed by atoms with Crippen molar-refractivity contribution in [3.05, 3.63) is 58.6 Å². The molecule has 0 aromatic heterocycles. The molecule has 0 saturated carbocycles. The van der Waals surface area contributed by atoms with Crippen molar-refractivity contribution in [2.45, 2.75) is 12.6 Å². The minimum Gasteiger partial charge on any atom is -0.205 e. The van der Waals surface area contributed by atoms with E-state index in [0.717, 1.165) is 24.3 Å².